The molecule has 0 atom stereocenters. The Kier molecular flexibility index (Phi) is 2.97. The van der Waals surface area contributed by atoms with Crippen molar-refractivity contribution in [3.05, 3.63) is 54.1 Å². The summed E-state index contributed by atoms with van der Waals surface area (Å²) in [6.07, 6.45) is 0. The Hall–Kier alpha value is -2.27. The number of aromatic carboxylic acids is 1. The van der Waals surface area contributed by atoms with Gasteiger partial charge in [-0.1, -0.05) is 18.2 Å². The van der Waals surface area contributed by atoms with Gasteiger partial charge in [0.1, 0.15) is 5.52 Å². The van der Waals surface area contributed by atoms with E-state index in [1.165, 1.54) is 23.9 Å². The van der Waals surface area contributed by atoms with E-state index < -0.39 is 5.97 Å². The van der Waals surface area contributed by atoms with E-state index in [2.05, 4.69) is 4.98 Å². The number of nitrogens with zero attached hydrogens (tertiary/aromatic N) is 1. The highest BCUT2D eigenvalue weighted by Gasteiger charge is 2.10. The van der Waals surface area contributed by atoms with Gasteiger partial charge in [0.25, 0.3) is 5.22 Å². The van der Waals surface area contributed by atoms with E-state index >= 15 is 0 Å². The Labute approximate surface area is 113 Å². The standard InChI is InChI=1S/C14H9NO3S/c16-13(17)9-6-7-11-12(8-9)18-14(15-11)19-10-4-2-1-3-5-10/h1-8H,(H,16,17). The zero-order chi connectivity index (χ0) is 13.2. The monoisotopic (exact) mass is 271 g/mol. The van der Waals surface area contributed by atoms with Gasteiger partial charge in [0, 0.05) is 4.90 Å². The van der Waals surface area contributed by atoms with Crippen LogP contribution in [-0.2, 0) is 0 Å². The molecule has 0 bridgehead atoms. The predicted molar refractivity (Wildman–Crippen MR) is 71.5 cm³/mol. The molecule has 1 N–H and O–H groups in total. The summed E-state index contributed by atoms with van der Waals surface area (Å²) in [6, 6.07) is 14.4. The Morgan fingerprint density at radius 2 is 1.95 bits per heavy atom. The first-order valence-electron chi connectivity index (χ1n) is 5.59. The van der Waals surface area contributed by atoms with Crippen LogP contribution in [-0.4, -0.2) is 16.1 Å². The zero-order valence-electron chi connectivity index (χ0n) is 9.74. The van der Waals surface area contributed by atoms with Gasteiger partial charge in [-0.05, 0) is 42.1 Å². The van der Waals surface area contributed by atoms with Crippen molar-refractivity contribution in [2.45, 2.75) is 10.1 Å². The molecule has 0 aliphatic rings. The lowest BCUT2D eigenvalue weighted by molar-refractivity contribution is 0.0697. The second kappa shape index (κ2) is 4.78. The number of aromatic nitrogens is 1. The molecule has 3 aromatic rings. The molecule has 1 heterocycles. The van der Waals surface area contributed by atoms with E-state index in [9.17, 15) is 4.79 Å². The van der Waals surface area contributed by atoms with Gasteiger partial charge in [0.15, 0.2) is 5.58 Å². The number of rotatable bonds is 3. The fraction of sp³-hybridized carbons (Fsp3) is 0. The Morgan fingerprint density at radius 1 is 1.16 bits per heavy atom. The Bertz CT molecular complexity index is 737. The molecule has 3 rings (SSSR count). The Balaban J connectivity index is 1.95. The summed E-state index contributed by atoms with van der Waals surface area (Å²) in [5.41, 5.74) is 1.33. The molecule has 0 spiro atoms. The summed E-state index contributed by atoms with van der Waals surface area (Å²) in [6.45, 7) is 0. The van der Waals surface area contributed by atoms with Gasteiger partial charge in [0.05, 0.1) is 5.56 Å². The highest BCUT2D eigenvalue weighted by molar-refractivity contribution is 7.99. The van der Waals surface area contributed by atoms with Crippen LogP contribution in [0.1, 0.15) is 10.4 Å². The molecule has 0 saturated heterocycles. The quantitative estimate of drug-likeness (QED) is 0.787. The number of oxazole rings is 1. The van der Waals surface area contributed by atoms with Crippen LogP contribution in [0.5, 0.6) is 0 Å². The summed E-state index contributed by atoms with van der Waals surface area (Å²) in [5.74, 6) is -0.976. The smallest absolute Gasteiger partial charge is 0.335 e. The molecular formula is C14H9NO3S. The minimum atomic E-state index is -0.976. The van der Waals surface area contributed by atoms with Gasteiger partial charge in [-0.25, -0.2) is 9.78 Å². The maximum atomic E-state index is 10.9. The van der Waals surface area contributed by atoms with Gasteiger partial charge < -0.3 is 9.52 Å². The maximum absolute atomic E-state index is 10.9. The Morgan fingerprint density at radius 3 is 2.68 bits per heavy atom. The molecule has 0 saturated carbocycles. The first kappa shape index (κ1) is 11.8. The number of carboxylic acids is 1. The molecule has 1 aromatic heterocycles. The minimum absolute atomic E-state index is 0.194. The van der Waals surface area contributed by atoms with Crippen LogP contribution in [0.15, 0.2) is 63.1 Å². The second-order valence-electron chi connectivity index (χ2n) is 3.88. The van der Waals surface area contributed by atoms with Crippen LogP contribution in [0.25, 0.3) is 11.1 Å². The molecule has 0 fully saturated rings. The number of hydrogen-bond donors (Lipinski definition) is 1. The van der Waals surface area contributed by atoms with Crippen LogP contribution in [0, 0.1) is 0 Å². The van der Waals surface area contributed by atoms with Gasteiger partial charge in [-0.3, -0.25) is 0 Å². The van der Waals surface area contributed by atoms with Crippen molar-refractivity contribution in [2.24, 2.45) is 0 Å². The summed E-state index contributed by atoms with van der Waals surface area (Å²) >= 11 is 1.40. The summed E-state index contributed by atoms with van der Waals surface area (Å²) in [5, 5.41) is 9.42. The van der Waals surface area contributed by atoms with E-state index in [4.69, 9.17) is 9.52 Å². The van der Waals surface area contributed by atoms with Gasteiger partial charge in [0.2, 0.25) is 0 Å². The van der Waals surface area contributed by atoms with Crippen molar-refractivity contribution < 1.29 is 14.3 Å². The molecule has 4 nitrogen and oxygen atoms in total. The maximum Gasteiger partial charge on any atom is 0.335 e. The fourth-order valence-electron chi connectivity index (χ4n) is 1.67. The molecule has 0 aliphatic carbocycles. The van der Waals surface area contributed by atoms with Gasteiger partial charge in [-0.2, -0.15) is 0 Å². The third-order valence-corrected chi connectivity index (χ3v) is 3.42. The first-order valence-corrected chi connectivity index (χ1v) is 6.41. The van der Waals surface area contributed by atoms with E-state index in [1.807, 2.05) is 30.3 Å². The fourth-order valence-corrected chi connectivity index (χ4v) is 2.44. The normalized spacial score (nSPS) is 10.7. The van der Waals surface area contributed by atoms with Crippen LogP contribution in [0.2, 0.25) is 0 Å². The van der Waals surface area contributed by atoms with Crippen molar-refractivity contribution in [1.29, 1.82) is 0 Å². The number of fused-ring (bicyclic) bond motifs is 1. The van der Waals surface area contributed by atoms with E-state index in [0.717, 1.165) is 4.90 Å². The average Bonchev–Trinajstić information content (AvgIpc) is 2.80. The van der Waals surface area contributed by atoms with Crippen molar-refractivity contribution in [2.75, 3.05) is 0 Å². The van der Waals surface area contributed by atoms with Gasteiger partial charge in [-0.15, -0.1) is 0 Å². The SMILES string of the molecule is O=C(O)c1ccc2nc(Sc3ccccc3)oc2c1. The number of benzene rings is 2. The molecular weight excluding hydrogens is 262 g/mol. The van der Waals surface area contributed by atoms with Crippen molar-refractivity contribution in [3.8, 4) is 0 Å². The predicted octanol–water partition coefficient (Wildman–Crippen LogP) is 3.68. The first-order chi connectivity index (χ1) is 9.22. The topological polar surface area (TPSA) is 63.3 Å². The third-order valence-electron chi connectivity index (χ3n) is 2.56. The van der Waals surface area contributed by atoms with Crippen molar-refractivity contribution >= 4 is 28.8 Å². The lowest BCUT2D eigenvalue weighted by Crippen LogP contribution is -1.94. The molecule has 2 aromatic carbocycles. The molecule has 0 amide bonds. The van der Waals surface area contributed by atoms with Crippen LogP contribution in [0.4, 0.5) is 0 Å². The minimum Gasteiger partial charge on any atom is -0.478 e. The number of carbonyl (C=O) groups is 1. The molecule has 5 heteroatoms. The largest absolute Gasteiger partial charge is 0.478 e. The van der Waals surface area contributed by atoms with E-state index in [0.29, 0.717) is 16.3 Å². The van der Waals surface area contributed by atoms with Crippen LogP contribution in [0.3, 0.4) is 0 Å². The summed E-state index contributed by atoms with van der Waals surface area (Å²) < 4.78 is 5.55. The average molecular weight is 271 g/mol. The molecule has 0 radical (unpaired) electrons. The van der Waals surface area contributed by atoms with Crippen molar-refractivity contribution in [1.82, 2.24) is 4.98 Å². The highest BCUT2D eigenvalue weighted by Crippen LogP contribution is 2.29. The second-order valence-corrected chi connectivity index (χ2v) is 4.91. The molecule has 94 valence electrons. The van der Waals surface area contributed by atoms with Crippen LogP contribution < -0.4 is 0 Å². The zero-order valence-corrected chi connectivity index (χ0v) is 10.6. The highest BCUT2D eigenvalue weighted by atomic mass is 32.2. The van der Waals surface area contributed by atoms with Crippen molar-refractivity contribution in [3.63, 3.8) is 0 Å². The summed E-state index contributed by atoms with van der Waals surface area (Å²) in [4.78, 5) is 16.2. The van der Waals surface area contributed by atoms with Crippen LogP contribution >= 0.6 is 11.8 Å². The lowest BCUT2D eigenvalue weighted by atomic mass is 10.2. The molecule has 19 heavy (non-hydrogen) atoms. The van der Waals surface area contributed by atoms with E-state index in [1.54, 1.807) is 6.07 Å². The third kappa shape index (κ3) is 2.46. The van der Waals surface area contributed by atoms with E-state index in [-0.39, 0.29) is 5.56 Å². The molecule has 0 unspecified atom stereocenters. The number of carboxylic acid groups (broad SMARTS) is 1. The molecule has 0 aliphatic heterocycles. The summed E-state index contributed by atoms with van der Waals surface area (Å²) in [7, 11) is 0. The lowest BCUT2D eigenvalue weighted by Gasteiger charge is -1.94. The van der Waals surface area contributed by atoms with Gasteiger partial charge >= 0.3 is 5.97 Å². The number of hydrogen-bond acceptors (Lipinski definition) is 4.